The highest BCUT2D eigenvalue weighted by molar-refractivity contribution is 7.13. The number of aliphatic hydroxyl groups excluding tert-OH is 1. The van der Waals surface area contributed by atoms with Crippen molar-refractivity contribution < 1.29 is 14.4 Å². The molecule has 24 heavy (non-hydrogen) atoms. The lowest BCUT2D eigenvalue weighted by Gasteiger charge is -2.36. The van der Waals surface area contributed by atoms with Crippen molar-refractivity contribution >= 4 is 22.9 Å². The van der Waals surface area contributed by atoms with Gasteiger partial charge < -0.3 is 14.4 Å². The molecule has 1 aliphatic rings. The Bertz CT molecular complexity index is 908. The molecule has 1 atom stereocenters. The van der Waals surface area contributed by atoms with Crippen LogP contribution in [0, 0.1) is 0 Å². The third-order valence-electron chi connectivity index (χ3n) is 3.84. The first-order valence-corrected chi connectivity index (χ1v) is 8.49. The molecule has 0 aliphatic carbocycles. The summed E-state index contributed by atoms with van der Waals surface area (Å²) in [5.74, 6) is 1.21. The molecule has 0 bridgehead atoms. The lowest BCUT2D eigenvalue weighted by molar-refractivity contribution is -0.0442. The van der Waals surface area contributed by atoms with Gasteiger partial charge in [-0.1, -0.05) is 16.8 Å². The van der Waals surface area contributed by atoms with Crippen molar-refractivity contribution in [3.05, 3.63) is 28.4 Å². The van der Waals surface area contributed by atoms with Gasteiger partial charge in [0.1, 0.15) is 10.8 Å². The molecule has 0 saturated carbocycles. The summed E-state index contributed by atoms with van der Waals surface area (Å²) in [4.78, 5) is 12.8. The van der Waals surface area contributed by atoms with Crippen LogP contribution in [0.15, 0.2) is 22.2 Å². The third-order valence-corrected chi connectivity index (χ3v) is 5.00. The minimum absolute atomic E-state index is 0.325. The highest BCUT2D eigenvalue weighted by Crippen LogP contribution is 2.34. The second-order valence-electron chi connectivity index (χ2n) is 6.01. The molecule has 4 rings (SSSR count). The number of hydrogen-bond acceptors (Lipinski definition) is 8. The Morgan fingerprint density at radius 3 is 2.96 bits per heavy atom. The number of pyridine rings is 1. The van der Waals surface area contributed by atoms with E-state index < -0.39 is 11.7 Å². The number of rotatable bonds is 2. The molecule has 0 aromatic carbocycles. The maximum Gasteiger partial charge on any atom is 0.259 e. The quantitative estimate of drug-likeness (QED) is 0.746. The van der Waals surface area contributed by atoms with Crippen LogP contribution in [0.1, 0.15) is 19.4 Å². The van der Waals surface area contributed by atoms with Gasteiger partial charge in [0.25, 0.3) is 5.89 Å². The molecular weight excluding hydrogens is 352 g/mol. The van der Waals surface area contributed by atoms with E-state index in [-0.39, 0.29) is 0 Å². The van der Waals surface area contributed by atoms with E-state index in [1.54, 1.807) is 11.6 Å². The molecule has 7 nitrogen and oxygen atoms in total. The number of thiazole rings is 1. The van der Waals surface area contributed by atoms with Crippen LogP contribution >= 0.6 is 22.9 Å². The van der Waals surface area contributed by atoms with Gasteiger partial charge >= 0.3 is 0 Å². The molecule has 3 aromatic heterocycles. The van der Waals surface area contributed by atoms with Gasteiger partial charge in [0.05, 0.1) is 11.7 Å². The smallest absolute Gasteiger partial charge is 0.259 e. The maximum atomic E-state index is 10.2. The predicted molar refractivity (Wildman–Crippen MR) is 88.1 cm³/mol. The zero-order chi connectivity index (χ0) is 16.9. The molecule has 1 unspecified atom stereocenters. The fourth-order valence-corrected chi connectivity index (χ4v) is 3.28. The summed E-state index contributed by atoms with van der Waals surface area (Å²) in [6.45, 7) is 3.67. The number of nitrogens with zero attached hydrogens (tertiary/aromatic N) is 4. The molecule has 0 spiro atoms. The zero-order valence-corrected chi connectivity index (χ0v) is 14.4. The summed E-state index contributed by atoms with van der Waals surface area (Å²) < 4.78 is 11.0. The summed E-state index contributed by atoms with van der Waals surface area (Å²) in [5, 5.41) is 16.8. The van der Waals surface area contributed by atoms with Crippen LogP contribution in [-0.4, -0.2) is 36.9 Å². The molecule has 124 valence electrons. The fraction of sp³-hybridized carbons (Fsp3) is 0.333. The summed E-state index contributed by atoms with van der Waals surface area (Å²) in [7, 11) is 0. The van der Waals surface area contributed by atoms with Gasteiger partial charge in [0, 0.05) is 23.6 Å². The van der Waals surface area contributed by atoms with Gasteiger partial charge in [0.15, 0.2) is 5.01 Å². The van der Waals surface area contributed by atoms with Crippen LogP contribution in [0.2, 0.25) is 5.15 Å². The molecule has 4 heterocycles. The number of ether oxygens (including phenoxy) is 1. The van der Waals surface area contributed by atoms with Crippen LogP contribution in [0.4, 0.5) is 0 Å². The lowest BCUT2D eigenvalue weighted by Crippen LogP contribution is -2.46. The van der Waals surface area contributed by atoms with Crippen LogP contribution in [-0.2, 0) is 6.42 Å². The fourth-order valence-electron chi connectivity index (χ4n) is 2.41. The van der Waals surface area contributed by atoms with Crippen LogP contribution in [0.3, 0.4) is 0 Å². The number of fused-ring (bicyclic) bond motifs is 1. The van der Waals surface area contributed by atoms with Gasteiger partial charge in [-0.05, 0) is 19.9 Å². The van der Waals surface area contributed by atoms with Crippen molar-refractivity contribution in [3.63, 3.8) is 0 Å². The first kappa shape index (κ1) is 15.5. The summed E-state index contributed by atoms with van der Waals surface area (Å²) in [5.41, 5.74) is 0.797. The Balaban J connectivity index is 1.67. The van der Waals surface area contributed by atoms with E-state index in [0.29, 0.717) is 39.7 Å². The number of halogens is 1. The molecule has 9 heteroatoms. The van der Waals surface area contributed by atoms with E-state index in [4.69, 9.17) is 20.9 Å². The molecule has 0 radical (unpaired) electrons. The second-order valence-corrected chi connectivity index (χ2v) is 7.26. The number of aliphatic hydroxyl groups is 1. The van der Waals surface area contributed by atoms with E-state index in [1.165, 1.54) is 11.3 Å². The van der Waals surface area contributed by atoms with E-state index >= 15 is 0 Å². The Morgan fingerprint density at radius 2 is 2.21 bits per heavy atom. The Hall–Kier alpha value is -2.03. The topological polar surface area (TPSA) is 94.2 Å². The minimum atomic E-state index is -0.663. The highest BCUT2D eigenvalue weighted by Gasteiger charge is 2.36. The minimum Gasteiger partial charge on any atom is -0.469 e. The van der Waals surface area contributed by atoms with Gasteiger partial charge in [-0.15, -0.1) is 11.3 Å². The maximum absolute atomic E-state index is 10.2. The molecule has 1 N–H and O–H groups in total. The summed E-state index contributed by atoms with van der Waals surface area (Å²) >= 11 is 7.15. The standard InChI is InChI=1S/C15H13ClN4O3S/c1-15(2)9(21)4-7-3-8(5-17-12(7)22-15)13-19-11(20-23-13)14-18-10(16)6-24-14/h3,5-6,9,21H,4H2,1-2H3. The zero-order valence-electron chi connectivity index (χ0n) is 12.9. The van der Waals surface area contributed by atoms with Gasteiger partial charge in [-0.3, -0.25) is 0 Å². The number of aromatic nitrogens is 4. The van der Waals surface area contributed by atoms with Crippen molar-refractivity contribution in [2.45, 2.75) is 32.0 Å². The lowest BCUT2D eigenvalue weighted by atomic mass is 9.92. The van der Waals surface area contributed by atoms with Crippen LogP contribution in [0.25, 0.3) is 22.3 Å². The Morgan fingerprint density at radius 1 is 1.38 bits per heavy atom. The van der Waals surface area contributed by atoms with Gasteiger partial charge in [0.2, 0.25) is 11.7 Å². The van der Waals surface area contributed by atoms with Crippen molar-refractivity contribution in [3.8, 4) is 28.2 Å². The van der Waals surface area contributed by atoms with E-state index in [0.717, 1.165) is 5.56 Å². The first-order chi connectivity index (χ1) is 11.4. The van der Waals surface area contributed by atoms with Crippen molar-refractivity contribution in [2.24, 2.45) is 0 Å². The average Bonchev–Trinajstić information content (AvgIpc) is 3.16. The van der Waals surface area contributed by atoms with Crippen LogP contribution in [0.5, 0.6) is 5.88 Å². The van der Waals surface area contributed by atoms with Crippen molar-refractivity contribution in [1.82, 2.24) is 20.1 Å². The van der Waals surface area contributed by atoms with Gasteiger partial charge in [-0.2, -0.15) is 4.98 Å². The average molecular weight is 365 g/mol. The first-order valence-electron chi connectivity index (χ1n) is 7.24. The monoisotopic (exact) mass is 364 g/mol. The Labute approximate surface area is 146 Å². The molecule has 0 fully saturated rings. The molecule has 0 amide bonds. The van der Waals surface area contributed by atoms with E-state index in [2.05, 4.69) is 20.1 Å². The molecular formula is C15H13ClN4O3S. The SMILES string of the molecule is CC1(C)Oc2ncc(-c3nc(-c4nc(Cl)cs4)no3)cc2CC1O. The molecule has 1 aliphatic heterocycles. The van der Waals surface area contributed by atoms with Crippen molar-refractivity contribution in [2.75, 3.05) is 0 Å². The summed E-state index contributed by atoms with van der Waals surface area (Å²) in [6, 6.07) is 1.84. The van der Waals surface area contributed by atoms with Crippen LogP contribution < -0.4 is 4.74 Å². The predicted octanol–water partition coefficient (Wildman–Crippen LogP) is 2.98. The van der Waals surface area contributed by atoms with Gasteiger partial charge in [-0.25, -0.2) is 9.97 Å². The van der Waals surface area contributed by atoms with E-state index in [1.807, 2.05) is 19.9 Å². The van der Waals surface area contributed by atoms with E-state index in [9.17, 15) is 5.11 Å². The number of hydrogen-bond donors (Lipinski definition) is 1. The molecule has 3 aromatic rings. The normalized spacial score (nSPS) is 18.9. The second kappa shape index (κ2) is 5.51. The largest absolute Gasteiger partial charge is 0.469 e. The Kier molecular flexibility index (Phi) is 3.56. The summed E-state index contributed by atoms with van der Waals surface area (Å²) in [6.07, 6.45) is 1.45. The third kappa shape index (κ3) is 2.66. The van der Waals surface area contributed by atoms with Crippen molar-refractivity contribution in [1.29, 1.82) is 0 Å². The highest BCUT2D eigenvalue weighted by atomic mass is 35.5. The molecule has 0 saturated heterocycles.